The van der Waals surface area contributed by atoms with E-state index in [0.717, 1.165) is 16.7 Å². The van der Waals surface area contributed by atoms with Crippen molar-refractivity contribution in [2.24, 2.45) is 0 Å². The maximum Gasteiger partial charge on any atom is 0.158 e. The first-order chi connectivity index (χ1) is 8.22. The van der Waals surface area contributed by atoms with Crippen LogP contribution in [-0.2, 0) is 6.42 Å². The summed E-state index contributed by atoms with van der Waals surface area (Å²) >= 11 is 0. The van der Waals surface area contributed by atoms with Crippen LogP contribution in [0.5, 0.6) is 11.5 Å². The first-order valence-electron chi connectivity index (χ1n) is 5.43. The number of phenols is 2. The van der Waals surface area contributed by atoms with Crippen LogP contribution in [0.2, 0.25) is 0 Å². The lowest BCUT2D eigenvalue weighted by molar-refractivity contribution is 0.299. The number of aliphatic hydroxyl groups is 1. The summed E-state index contributed by atoms with van der Waals surface area (Å²) in [4.78, 5) is 0. The van der Waals surface area contributed by atoms with Gasteiger partial charge < -0.3 is 15.3 Å². The first kappa shape index (κ1) is 11.5. The number of hydrogen-bond donors (Lipinski definition) is 3. The number of benzene rings is 2. The highest BCUT2D eigenvalue weighted by Crippen LogP contribution is 2.34. The van der Waals surface area contributed by atoms with Crippen LogP contribution in [0.1, 0.15) is 5.56 Å². The first-order valence-corrected chi connectivity index (χ1v) is 5.43. The molecule has 0 radical (unpaired) electrons. The lowest BCUT2D eigenvalue weighted by Gasteiger charge is -2.10. The van der Waals surface area contributed by atoms with E-state index < -0.39 is 0 Å². The fraction of sp³-hybridized carbons (Fsp3) is 0.143. The van der Waals surface area contributed by atoms with E-state index in [2.05, 4.69) is 0 Å². The Bertz CT molecular complexity index is 506. The van der Waals surface area contributed by atoms with Crippen LogP contribution in [-0.4, -0.2) is 21.9 Å². The van der Waals surface area contributed by atoms with E-state index in [4.69, 9.17) is 5.11 Å². The van der Waals surface area contributed by atoms with E-state index in [1.54, 1.807) is 0 Å². The van der Waals surface area contributed by atoms with Crippen molar-refractivity contribution in [2.45, 2.75) is 6.42 Å². The highest BCUT2D eigenvalue weighted by Gasteiger charge is 2.09. The van der Waals surface area contributed by atoms with E-state index in [-0.39, 0.29) is 18.1 Å². The zero-order valence-electron chi connectivity index (χ0n) is 9.30. The molecule has 2 aromatic rings. The standard InChI is InChI=1S/C14H14O3/c15-7-6-11-8-13(16)14(17)9-12(11)10-4-2-1-3-5-10/h1-5,8-9,15-17H,6-7H2. The van der Waals surface area contributed by atoms with E-state index in [9.17, 15) is 10.2 Å². The van der Waals surface area contributed by atoms with E-state index >= 15 is 0 Å². The largest absolute Gasteiger partial charge is 0.504 e. The van der Waals surface area contributed by atoms with Crippen LogP contribution in [0.25, 0.3) is 11.1 Å². The fourth-order valence-corrected chi connectivity index (χ4v) is 1.83. The zero-order valence-corrected chi connectivity index (χ0v) is 9.30. The predicted octanol–water partition coefficient (Wildman–Crippen LogP) is 2.30. The molecule has 0 spiro atoms. The number of hydrogen-bond acceptors (Lipinski definition) is 3. The Morgan fingerprint density at radius 1 is 0.882 bits per heavy atom. The summed E-state index contributed by atoms with van der Waals surface area (Å²) < 4.78 is 0. The second-order valence-corrected chi connectivity index (χ2v) is 3.84. The number of phenolic OH excluding ortho intramolecular Hbond substituents is 2. The summed E-state index contributed by atoms with van der Waals surface area (Å²) in [5.41, 5.74) is 2.59. The van der Waals surface area contributed by atoms with Crippen molar-refractivity contribution in [3.05, 3.63) is 48.0 Å². The highest BCUT2D eigenvalue weighted by atomic mass is 16.3. The molecule has 3 heteroatoms. The molecule has 0 fully saturated rings. The molecular formula is C14H14O3. The molecule has 0 aliphatic carbocycles. The van der Waals surface area contributed by atoms with Crippen LogP contribution in [0, 0.1) is 0 Å². The van der Waals surface area contributed by atoms with E-state index in [1.165, 1.54) is 12.1 Å². The Kier molecular flexibility index (Phi) is 3.30. The highest BCUT2D eigenvalue weighted by molar-refractivity contribution is 5.70. The third kappa shape index (κ3) is 2.40. The SMILES string of the molecule is OCCc1cc(O)c(O)cc1-c1ccccc1. The van der Waals surface area contributed by atoms with Gasteiger partial charge in [-0.05, 0) is 35.2 Å². The van der Waals surface area contributed by atoms with Gasteiger partial charge in [-0.1, -0.05) is 30.3 Å². The molecule has 3 nitrogen and oxygen atoms in total. The van der Waals surface area contributed by atoms with E-state index in [1.807, 2.05) is 30.3 Å². The Morgan fingerprint density at radius 3 is 2.18 bits per heavy atom. The topological polar surface area (TPSA) is 60.7 Å². The van der Waals surface area contributed by atoms with Gasteiger partial charge in [0.2, 0.25) is 0 Å². The summed E-state index contributed by atoms with van der Waals surface area (Å²) in [6.45, 7) is 0.00402. The Labute approximate surface area is 99.6 Å². The molecule has 0 amide bonds. The van der Waals surface area contributed by atoms with Crippen molar-refractivity contribution in [1.29, 1.82) is 0 Å². The maximum atomic E-state index is 9.54. The molecule has 3 N–H and O–H groups in total. The molecule has 0 bridgehead atoms. The van der Waals surface area contributed by atoms with Crippen molar-refractivity contribution in [1.82, 2.24) is 0 Å². The van der Waals surface area contributed by atoms with Gasteiger partial charge in [0, 0.05) is 6.61 Å². The van der Waals surface area contributed by atoms with Gasteiger partial charge in [-0.15, -0.1) is 0 Å². The smallest absolute Gasteiger partial charge is 0.158 e. The normalized spacial score (nSPS) is 10.4. The van der Waals surface area contributed by atoms with Gasteiger partial charge >= 0.3 is 0 Å². The van der Waals surface area contributed by atoms with Crippen molar-refractivity contribution < 1.29 is 15.3 Å². The molecule has 0 unspecified atom stereocenters. The molecule has 17 heavy (non-hydrogen) atoms. The number of aliphatic hydroxyl groups excluding tert-OH is 1. The lowest BCUT2D eigenvalue weighted by Crippen LogP contribution is -1.94. The molecule has 0 aliphatic heterocycles. The van der Waals surface area contributed by atoms with Gasteiger partial charge in [0.05, 0.1) is 0 Å². The monoisotopic (exact) mass is 230 g/mol. The lowest BCUT2D eigenvalue weighted by atomic mass is 9.97. The van der Waals surface area contributed by atoms with Gasteiger partial charge in [0.25, 0.3) is 0 Å². The Balaban J connectivity index is 2.55. The molecule has 0 saturated carbocycles. The van der Waals surface area contributed by atoms with Crippen LogP contribution >= 0.6 is 0 Å². The van der Waals surface area contributed by atoms with Crippen molar-refractivity contribution in [3.63, 3.8) is 0 Å². The third-order valence-electron chi connectivity index (χ3n) is 2.67. The van der Waals surface area contributed by atoms with Gasteiger partial charge in [0.1, 0.15) is 0 Å². The molecule has 2 aromatic carbocycles. The minimum Gasteiger partial charge on any atom is -0.504 e. The van der Waals surface area contributed by atoms with Crippen molar-refractivity contribution >= 4 is 0 Å². The molecule has 88 valence electrons. The van der Waals surface area contributed by atoms with Gasteiger partial charge in [-0.25, -0.2) is 0 Å². The maximum absolute atomic E-state index is 9.54. The molecule has 2 rings (SSSR count). The van der Waals surface area contributed by atoms with Crippen LogP contribution in [0.15, 0.2) is 42.5 Å². The average molecular weight is 230 g/mol. The van der Waals surface area contributed by atoms with E-state index in [0.29, 0.717) is 6.42 Å². The van der Waals surface area contributed by atoms with Gasteiger partial charge in [-0.2, -0.15) is 0 Å². The summed E-state index contributed by atoms with van der Waals surface area (Å²) in [6, 6.07) is 12.6. The van der Waals surface area contributed by atoms with Crippen LogP contribution in [0.3, 0.4) is 0 Å². The number of rotatable bonds is 3. The summed E-state index contributed by atoms with van der Waals surface area (Å²) in [7, 11) is 0. The quantitative estimate of drug-likeness (QED) is 0.709. The zero-order chi connectivity index (χ0) is 12.3. The molecule has 0 aromatic heterocycles. The molecule has 0 saturated heterocycles. The fourth-order valence-electron chi connectivity index (χ4n) is 1.83. The summed E-state index contributed by atoms with van der Waals surface area (Å²) in [6.07, 6.45) is 0.443. The van der Waals surface area contributed by atoms with Crippen molar-refractivity contribution in [2.75, 3.05) is 6.61 Å². The number of aromatic hydroxyl groups is 2. The third-order valence-corrected chi connectivity index (χ3v) is 2.67. The Hall–Kier alpha value is -2.00. The van der Waals surface area contributed by atoms with Crippen molar-refractivity contribution in [3.8, 4) is 22.6 Å². The van der Waals surface area contributed by atoms with Crippen LogP contribution in [0.4, 0.5) is 0 Å². The molecule has 0 aliphatic rings. The second-order valence-electron chi connectivity index (χ2n) is 3.84. The molecular weight excluding hydrogens is 216 g/mol. The second kappa shape index (κ2) is 4.89. The van der Waals surface area contributed by atoms with Gasteiger partial charge in [-0.3, -0.25) is 0 Å². The summed E-state index contributed by atoms with van der Waals surface area (Å²) in [5.74, 6) is -0.307. The average Bonchev–Trinajstić information content (AvgIpc) is 2.35. The molecule has 0 atom stereocenters. The molecule has 0 heterocycles. The van der Waals surface area contributed by atoms with Crippen LogP contribution < -0.4 is 0 Å². The summed E-state index contributed by atoms with van der Waals surface area (Å²) in [5, 5.41) is 28.0. The Morgan fingerprint density at radius 2 is 1.53 bits per heavy atom. The van der Waals surface area contributed by atoms with Gasteiger partial charge in [0.15, 0.2) is 11.5 Å². The predicted molar refractivity (Wildman–Crippen MR) is 66.0 cm³/mol. The minimum absolute atomic E-state index is 0.00402. The minimum atomic E-state index is -0.159.